The molecule has 0 unspecified atom stereocenters. The quantitative estimate of drug-likeness (QED) is 0.704. The predicted octanol–water partition coefficient (Wildman–Crippen LogP) is 0.678. The third kappa shape index (κ3) is 4.12. The number of carbonyl (C=O) groups excluding carboxylic acids is 1. The lowest BCUT2D eigenvalue weighted by Crippen LogP contribution is -2.26. The van der Waals surface area contributed by atoms with Gasteiger partial charge in [0, 0.05) is 20.3 Å². The molecule has 5 heteroatoms. The van der Waals surface area contributed by atoms with Crippen molar-refractivity contribution in [3.05, 3.63) is 17.8 Å². The van der Waals surface area contributed by atoms with Crippen LogP contribution in [0.15, 0.2) is 10.8 Å². The zero-order chi connectivity index (χ0) is 11.1. The number of carbonyl (C=O) groups is 1. The minimum Gasteiger partial charge on any atom is -0.448 e. The summed E-state index contributed by atoms with van der Waals surface area (Å²) in [6, 6.07) is 0. The van der Waals surface area contributed by atoms with Crippen molar-refractivity contribution in [3.8, 4) is 0 Å². The van der Waals surface area contributed by atoms with Crippen LogP contribution in [0.5, 0.6) is 0 Å². The summed E-state index contributed by atoms with van der Waals surface area (Å²) in [5, 5.41) is 2.78. The molecular formula is C10H16N2O3. The molecule has 5 nitrogen and oxygen atoms in total. The SMILES string of the molecule is COCCCNC(=O)Cc1ocnc1C. The summed E-state index contributed by atoms with van der Waals surface area (Å²) in [5.41, 5.74) is 0.766. The Bertz CT molecular complexity index is 309. The summed E-state index contributed by atoms with van der Waals surface area (Å²) in [4.78, 5) is 15.3. The number of hydrogen-bond donors (Lipinski definition) is 1. The highest BCUT2D eigenvalue weighted by atomic mass is 16.5. The van der Waals surface area contributed by atoms with E-state index in [-0.39, 0.29) is 12.3 Å². The van der Waals surface area contributed by atoms with Gasteiger partial charge in [-0.3, -0.25) is 4.79 Å². The van der Waals surface area contributed by atoms with E-state index in [0.29, 0.717) is 18.9 Å². The van der Waals surface area contributed by atoms with E-state index in [1.54, 1.807) is 7.11 Å². The number of nitrogens with zero attached hydrogens (tertiary/aromatic N) is 1. The lowest BCUT2D eigenvalue weighted by Gasteiger charge is -2.03. The largest absolute Gasteiger partial charge is 0.448 e. The van der Waals surface area contributed by atoms with Gasteiger partial charge in [0.15, 0.2) is 6.39 Å². The Morgan fingerprint density at radius 1 is 1.67 bits per heavy atom. The highest BCUT2D eigenvalue weighted by molar-refractivity contribution is 5.78. The van der Waals surface area contributed by atoms with Crippen LogP contribution in [0.1, 0.15) is 17.9 Å². The second-order valence-electron chi connectivity index (χ2n) is 3.23. The first-order valence-corrected chi connectivity index (χ1v) is 4.88. The number of rotatable bonds is 6. The first-order valence-electron chi connectivity index (χ1n) is 4.88. The van der Waals surface area contributed by atoms with Crippen molar-refractivity contribution in [2.75, 3.05) is 20.3 Å². The third-order valence-corrected chi connectivity index (χ3v) is 2.01. The maximum atomic E-state index is 11.4. The standard InChI is InChI=1S/C10H16N2O3/c1-8-9(15-7-12-8)6-10(13)11-4-3-5-14-2/h7H,3-6H2,1-2H3,(H,11,13). The fraction of sp³-hybridized carbons (Fsp3) is 0.600. The highest BCUT2D eigenvalue weighted by Gasteiger charge is 2.08. The van der Waals surface area contributed by atoms with Crippen LogP contribution in [-0.4, -0.2) is 31.2 Å². The van der Waals surface area contributed by atoms with Gasteiger partial charge < -0.3 is 14.5 Å². The number of nitrogens with one attached hydrogen (secondary N) is 1. The van der Waals surface area contributed by atoms with E-state index in [2.05, 4.69) is 10.3 Å². The van der Waals surface area contributed by atoms with Crippen LogP contribution in [0, 0.1) is 6.92 Å². The monoisotopic (exact) mass is 212 g/mol. The number of ether oxygens (including phenoxy) is 1. The van der Waals surface area contributed by atoms with Gasteiger partial charge >= 0.3 is 0 Å². The van der Waals surface area contributed by atoms with Gasteiger partial charge in [-0.05, 0) is 13.3 Å². The Morgan fingerprint density at radius 2 is 2.47 bits per heavy atom. The van der Waals surface area contributed by atoms with Crippen LogP contribution >= 0.6 is 0 Å². The molecule has 1 heterocycles. The van der Waals surface area contributed by atoms with Crippen molar-refractivity contribution in [2.45, 2.75) is 19.8 Å². The number of aromatic nitrogens is 1. The Hall–Kier alpha value is -1.36. The molecule has 0 aliphatic heterocycles. The van der Waals surface area contributed by atoms with Crippen molar-refractivity contribution in [1.29, 1.82) is 0 Å². The molecule has 0 aromatic carbocycles. The van der Waals surface area contributed by atoms with Crippen LogP contribution in [0.25, 0.3) is 0 Å². The fourth-order valence-electron chi connectivity index (χ4n) is 1.15. The molecule has 0 fully saturated rings. The fourth-order valence-corrected chi connectivity index (χ4v) is 1.15. The molecule has 0 aliphatic carbocycles. The molecule has 1 N–H and O–H groups in total. The molecule has 1 aromatic heterocycles. The molecule has 0 bridgehead atoms. The minimum absolute atomic E-state index is 0.0500. The van der Waals surface area contributed by atoms with Gasteiger partial charge in [0.1, 0.15) is 5.76 Å². The molecule has 0 spiro atoms. The van der Waals surface area contributed by atoms with Gasteiger partial charge in [-0.25, -0.2) is 4.98 Å². The Labute approximate surface area is 88.8 Å². The van der Waals surface area contributed by atoms with E-state index in [4.69, 9.17) is 9.15 Å². The first-order chi connectivity index (χ1) is 7.24. The molecule has 0 saturated carbocycles. The number of hydrogen-bond acceptors (Lipinski definition) is 4. The van der Waals surface area contributed by atoms with Crippen molar-refractivity contribution in [1.82, 2.24) is 10.3 Å². The van der Waals surface area contributed by atoms with Gasteiger partial charge in [0.2, 0.25) is 5.91 Å². The lowest BCUT2D eigenvalue weighted by molar-refractivity contribution is -0.120. The number of methoxy groups -OCH3 is 1. The molecular weight excluding hydrogens is 196 g/mol. The van der Waals surface area contributed by atoms with Crippen LogP contribution in [-0.2, 0) is 16.0 Å². The summed E-state index contributed by atoms with van der Waals surface area (Å²) in [6.07, 6.45) is 2.42. The molecule has 1 aromatic rings. The molecule has 0 aliphatic rings. The van der Waals surface area contributed by atoms with Crippen LogP contribution in [0.3, 0.4) is 0 Å². The Kier molecular flexibility index (Phi) is 4.83. The van der Waals surface area contributed by atoms with E-state index >= 15 is 0 Å². The molecule has 1 amide bonds. The normalized spacial score (nSPS) is 10.3. The smallest absolute Gasteiger partial charge is 0.227 e. The minimum atomic E-state index is -0.0500. The van der Waals surface area contributed by atoms with E-state index in [1.807, 2.05) is 6.92 Å². The molecule has 0 atom stereocenters. The van der Waals surface area contributed by atoms with Crippen LogP contribution in [0.2, 0.25) is 0 Å². The summed E-state index contributed by atoms with van der Waals surface area (Å²) < 4.78 is 9.93. The average molecular weight is 212 g/mol. The zero-order valence-electron chi connectivity index (χ0n) is 9.08. The topological polar surface area (TPSA) is 64.4 Å². The molecule has 84 valence electrons. The second kappa shape index (κ2) is 6.19. The van der Waals surface area contributed by atoms with E-state index in [1.165, 1.54) is 6.39 Å². The zero-order valence-corrected chi connectivity index (χ0v) is 9.08. The molecule has 15 heavy (non-hydrogen) atoms. The summed E-state index contributed by atoms with van der Waals surface area (Å²) in [5.74, 6) is 0.574. The number of oxazole rings is 1. The third-order valence-electron chi connectivity index (χ3n) is 2.01. The van der Waals surface area contributed by atoms with Gasteiger partial charge in [-0.1, -0.05) is 0 Å². The number of aryl methyl sites for hydroxylation is 1. The van der Waals surface area contributed by atoms with Crippen molar-refractivity contribution in [2.24, 2.45) is 0 Å². The van der Waals surface area contributed by atoms with E-state index in [9.17, 15) is 4.79 Å². The van der Waals surface area contributed by atoms with Crippen molar-refractivity contribution >= 4 is 5.91 Å². The van der Waals surface area contributed by atoms with Crippen molar-refractivity contribution in [3.63, 3.8) is 0 Å². The summed E-state index contributed by atoms with van der Waals surface area (Å²) in [7, 11) is 1.64. The van der Waals surface area contributed by atoms with Gasteiger partial charge in [0.25, 0.3) is 0 Å². The highest BCUT2D eigenvalue weighted by Crippen LogP contribution is 2.05. The second-order valence-corrected chi connectivity index (χ2v) is 3.23. The molecule has 0 saturated heterocycles. The molecule has 1 rings (SSSR count). The summed E-state index contributed by atoms with van der Waals surface area (Å²) in [6.45, 7) is 3.10. The average Bonchev–Trinajstić information content (AvgIpc) is 2.59. The van der Waals surface area contributed by atoms with Crippen molar-refractivity contribution < 1.29 is 13.9 Å². The van der Waals surface area contributed by atoms with Crippen LogP contribution < -0.4 is 5.32 Å². The Balaban J connectivity index is 2.22. The van der Waals surface area contributed by atoms with Gasteiger partial charge in [0.05, 0.1) is 12.1 Å². The number of amides is 1. The first kappa shape index (κ1) is 11.7. The van der Waals surface area contributed by atoms with E-state index < -0.39 is 0 Å². The van der Waals surface area contributed by atoms with E-state index in [0.717, 1.165) is 12.1 Å². The maximum absolute atomic E-state index is 11.4. The van der Waals surface area contributed by atoms with Crippen LogP contribution in [0.4, 0.5) is 0 Å². The molecule has 0 radical (unpaired) electrons. The maximum Gasteiger partial charge on any atom is 0.227 e. The summed E-state index contributed by atoms with van der Waals surface area (Å²) >= 11 is 0. The Morgan fingerprint density at radius 3 is 3.07 bits per heavy atom. The predicted molar refractivity (Wildman–Crippen MR) is 54.4 cm³/mol. The van der Waals surface area contributed by atoms with Gasteiger partial charge in [-0.2, -0.15) is 0 Å². The lowest BCUT2D eigenvalue weighted by atomic mass is 10.2. The van der Waals surface area contributed by atoms with Gasteiger partial charge in [-0.15, -0.1) is 0 Å².